The van der Waals surface area contributed by atoms with Crippen molar-refractivity contribution in [2.45, 2.75) is 38.1 Å². The minimum Gasteiger partial charge on any atom is -0.493 e. The van der Waals surface area contributed by atoms with Gasteiger partial charge in [-0.05, 0) is 43.4 Å². The molecular formula is C15H21NO. The summed E-state index contributed by atoms with van der Waals surface area (Å²) in [7, 11) is 0. The van der Waals surface area contributed by atoms with Crippen LogP contribution in [0.4, 0.5) is 0 Å². The van der Waals surface area contributed by atoms with E-state index in [1.807, 2.05) is 0 Å². The minimum absolute atomic E-state index is 0.646. The highest BCUT2D eigenvalue weighted by atomic mass is 16.5. The van der Waals surface area contributed by atoms with Crippen LogP contribution in [0.25, 0.3) is 0 Å². The van der Waals surface area contributed by atoms with Gasteiger partial charge in [-0.3, -0.25) is 0 Å². The van der Waals surface area contributed by atoms with Crippen molar-refractivity contribution in [1.29, 1.82) is 0 Å². The summed E-state index contributed by atoms with van der Waals surface area (Å²) in [6.07, 6.45) is 3.96. The Morgan fingerprint density at radius 2 is 2.12 bits per heavy atom. The van der Waals surface area contributed by atoms with E-state index in [1.54, 1.807) is 0 Å². The predicted octanol–water partition coefficient (Wildman–Crippen LogP) is 2.94. The van der Waals surface area contributed by atoms with Crippen molar-refractivity contribution in [2.24, 2.45) is 5.92 Å². The van der Waals surface area contributed by atoms with E-state index in [0.717, 1.165) is 31.2 Å². The number of hydrogen-bond donors (Lipinski definition) is 1. The molecule has 1 aromatic rings. The average Bonchev–Trinajstić information content (AvgIpc) is 3.20. The fourth-order valence-electron chi connectivity index (χ4n) is 3.07. The van der Waals surface area contributed by atoms with Gasteiger partial charge in [0.15, 0.2) is 0 Å². The third kappa shape index (κ3) is 2.19. The smallest absolute Gasteiger partial charge is 0.122 e. The van der Waals surface area contributed by atoms with E-state index in [1.165, 1.54) is 18.4 Å². The Morgan fingerprint density at radius 3 is 2.88 bits per heavy atom. The van der Waals surface area contributed by atoms with Gasteiger partial charge in [0, 0.05) is 12.0 Å². The monoisotopic (exact) mass is 231 g/mol. The molecule has 2 unspecified atom stereocenters. The number of fused-ring (bicyclic) bond motifs is 1. The molecule has 0 amide bonds. The van der Waals surface area contributed by atoms with Gasteiger partial charge in [-0.15, -0.1) is 0 Å². The first kappa shape index (κ1) is 11.1. The van der Waals surface area contributed by atoms with E-state index in [-0.39, 0.29) is 0 Å². The van der Waals surface area contributed by atoms with Gasteiger partial charge >= 0.3 is 0 Å². The van der Waals surface area contributed by atoms with Crippen molar-refractivity contribution in [3.05, 3.63) is 29.8 Å². The molecule has 92 valence electrons. The first-order valence-electron chi connectivity index (χ1n) is 6.85. The van der Waals surface area contributed by atoms with Crippen molar-refractivity contribution < 1.29 is 4.74 Å². The second kappa shape index (κ2) is 4.69. The highest BCUT2D eigenvalue weighted by Gasteiger charge is 2.38. The molecule has 1 N–H and O–H groups in total. The molecule has 2 heteroatoms. The summed E-state index contributed by atoms with van der Waals surface area (Å²) in [5, 5.41) is 3.70. The number of likely N-dealkylation sites (N-methyl/N-ethyl adjacent to an activating group) is 1. The summed E-state index contributed by atoms with van der Waals surface area (Å²) in [6.45, 7) is 4.15. The molecule has 2 nitrogen and oxygen atoms in total. The SMILES string of the molecule is CCNC(C1CC1)C1CCOc2ccccc21. The topological polar surface area (TPSA) is 21.3 Å². The standard InChI is InChI=1S/C15H21NO/c1-2-16-15(11-7-8-11)13-9-10-17-14-6-4-3-5-12(13)14/h3-6,11,13,15-16H,2,7-10H2,1H3. The highest BCUT2D eigenvalue weighted by molar-refractivity contribution is 5.39. The fourth-order valence-corrected chi connectivity index (χ4v) is 3.07. The van der Waals surface area contributed by atoms with E-state index in [2.05, 4.69) is 36.5 Å². The fraction of sp³-hybridized carbons (Fsp3) is 0.600. The van der Waals surface area contributed by atoms with Crippen LogP contribution >= 0.6 is 0 Å². The molecule has 1 aromatic carbocycles. The molecule has 2 aliphatic rings. The number of benzene rings is 1. The van der Waals surface area contributed by atoms with Gasteiger partial charge in [0.25, 0.3) is 0 Å². The quantitative estimate of drug-likeness (QED) is 0.860. The van der Waals surface area contributed by atoms with Gasteiger partial charge in [0.1, 0.15) is 5.75 Å². The first-order valence-corrected chi connectivity index (χ1v) is 6.85. The normalized spacial score (nSPS) is 24.9. The molecule has 0 radical (unpaired) electrons. The van der Waals surface area contributed by atoms with Gasteiger partial charge in [-0.1, -0.05) is 25.1 Å². The highest BCUT2D eigenvalue weighted by Crippen LogP contribution is 2.44. The number of nitrogens with one attached hydrogen (secondary N) is 1. The third-order valence-corrected chi connectivity index (χ3v) is 4.01. The lowest BCUT2D eigenvalue weighted by molar-refractivity contribution is 0.238. The number of ether oxygens (including phenoxy) is 1. The Hall–Kier alpha value is -1.02. The van der Waals surface area contributed by atoms with Crippen molar-refractivity contribution in [3.63, 3.8) is 0 Å². The third-order valence-electron chi connectivity index (χ3n) is 4.01. The molecule has 1 saturated carbocycles. The predicted molar refractivity (Wildman–Crippen MR) is 69.5 cm³/mol. The van der Waals surface area contributed by atoms with Crippen LogP contribution in [0.5, 0.6) is 5.75 Å². The van der Waals surface area contributed by atoms with Crippen LogP contribution in [0, 0.1) is 5.92 Å². The lowest BCUT2D eigenvalue weighted by Gasteiger charge is -2.33. The van der Waals surface area contributed by atoms with Crippen LogP contribution in [0.3, 0.4) is 0 Å². The minimum atomic E-state index is 0.646. The summed E-state index contributed by atoms with van der Waals surface area (Å²) in [6, 6.07) is 9.21. The van der Waals surface area contributed by atoms with Gasteiger partial charge in [0.2, 0.25) is 0 Å². The van der Waals surface area contributed by atoms with Crippen molar-refractivity contribution in [1.82, 2.24) is 5.32 Å². The molecule has 0 bridgehead atoms. The Labute approximate surface area is 103 Å². The molecule has 1 aliphatic carbocycles. The van der Waals surface area contributed by atoms with Gasteiger partial charge in [-0.2, -0.15) is 0 Å². The second-order valence-corrected chi connectivity index (χ2v) is 5.20. The largest absolute Gasteiger partial charge is 0.493 e. The molecule has 0 spiro atoms. The molecule has 1 fully saturated rings. The Morgan fingerprint density at radius 1 is 1.29 bits per heavy atom. The maximum atomic E-state index is 5.75. The lowest BCUT2D eigenvalue weighted by Crippen LogP contribution is -2.38. The average molecular weight is 231 g/mol. The maximum absolute atomic E-state index is 5.75. The summed E-state index contributed by atoms with van der Waals surface area (Å²) < 4.78 is 5.75. The Bertz CT molecular complexity index is 386. The van der Waals surface area contributed by atoms with Crippen LogP contribution in [0.1, 0.15) is 37.7 Å². The van der Waals surface area contributed by atoms with E-state index in [9.17, 15) is 0 Å². The second-order valence-electron chi connectivity index (χ2n) is 5.20. The molecule has 0 saturated heterocycles. The van der Waals surface area contributed by atoms with Crippen LogP contribution in [0.15, 0.2) is 24.3 Å². The maximum Gasteiger partial charge on any atom is 0.122 e. The van der Waals surface area contributed by atoms with Crippen LogP contribution in [-0.2, 0) is 0 Å². The zero-order valence-corrected chi connectivity index (χ0v) is 10.5. The van der Waals surface area contributed by atoms with E-state index >= 15 is 0 Å². The first-order chi connectivity index (χ1) is 8.40. The van der Waals surface area contributed by atoms with Crippen molar-refractivity contribution in [3.8, 4) is 5.75 Å². The van der Waals surface area contributed by atoms with E-state index in [4.69, 9.17) is 4.74 Å². The van der Waals surface area contributed by atoms with Crippen molar-refractivity contribution in [2.75, 3.05) is 13.2 Å². The van der Waals surface area contributed by atoms with Crippen LogP contribution < -0.4 is 10.1 Å². The number of rotatable bonds is 4. The van der Waals surface area contributed by atoms with Crippen molar-refractivity contribution >= 4 is 0 Å². The number of para-hydroxylation sites is 1. The zero-order chi connectivity index (χ0) is 11.7. The van der Waals surface area contributed by atoms with Crippen LogP contribution in [-0.4, -0.2) is 19.2 Å². The molecule has 17 heavy (non-hydrogen) atoms. The zero-order valence-electron chi connectivity index (χ0n) is 10.5. The van der Waals surface area contributed by atoms with E-state index < -0.39 is 0 Å². The summed E-state index contributed by atoms with van der Waals surface area (Å²) >= 11 is 0. The lowest BCUT2D eigenvalue weighted by atomic mass is 9.84. The van der Waals surface area contributed by atoms with E-state index in [0.29, 0.717) is 12.0 Å². The summed E-state index contributed by atoms with van der Waals surface area (Å²) in [5.74, 6) is 2.64. The van der Waals surface area contributed by atoms with Gasteiger partial charge < -0.3 is 10.1 Å². The molecule has 0 aromatic heterocycles. The van der Waals surface area contributed by atoms with Gasteiger partial charge in [-0.25, -0.2) is 0 Å². The molecule has 1 heterocycles. The number of hydrogen-bond acceptors (Lipinski definition) is 2. The summed E-state index contributed by atoms with van der Waals surface area (Å²) in [5.41, 5.74) is 1.41. The van der Waals surface area contributed by atoms with Gasteiger partial charge in [0.05, 0.1) is 6.61 Å². The summed E-state index contributed by atoms with van der Waals surface area (Å²) in [4.78, 5) is 0. The Kier molecular flexibility index (Phi) is 3.06. The molecule has 2 atom stereocenters. The van der Waals surface area contributed by atoms with Crippen LogP contribution in [0.2, 0.25) is 0 Å². The molecule has 3 rings (SSSR count). The molecule has 1 aliphatic heterocycles. The Balaban J connectivity index is 1.87. The molecular weight excluding hydrogens is 210 g/mol.